The van der Waals surface area contributed by atoms with Crippen molar-refractivity contribution in [3.05, 3.63) is 27.1 Å². The molecule has 17 heavy (non-hydrogen) atoms. The summed E-state index contributed by atoms with van der Waals surface area (Å²) in [5.41, 5.74) is 3.37. The summed E-state index contributed by atoms with van der Waals surface area (Å²) in [4.78, 5) is 8.72. The number of anilines is 1. The molecule has 0 aromatic carbocycles. The van der Waals surface area contributed by atoms with Crippen LogP contribution >= 0.6 is 27.3 Å². The second-order valence-corrected chi connectivity index (χ2v) is 5.28. The lowest BCUT2D eigenvalue weighted by atomic mass is 10.1. The van der Waals surface area contributed by atoms with Crippen LogP contribution in [0.2, 0.25) is 0 Å². The average molecular weight is 312 g/mol. The Balaban J connectivity index is 2.57. The van der Waals surface area contributed by atoms with Crippen molar-refractivity contribution in [2.45, 2.75) is 19.8 Å². The lowest BCUT2D eigenvalue weighted by molar-refractivity contribution is 0.906. The zero-order valence-electron chi connectivity index (χ0n) is 9.83. The van der Waals surface area contributed by atoms with E-state index in [2.05, 4.69) is 48.9 Å². The number of halogens is 1. The van der Waals surface area contributed by atoms with E-state index in [-0.39, 0.29) is 0 Å². The lowest BCUT2D eigenvalue weighted by Gasteiger charge is -2.11. The highest BCUT2D eigenvalue weighted by Gasteiger charge is 2.14. The third kappa shape index (κ3) is 2.50. The molecular formula is C12H14BrN3S. The number of thiophene rings is 1. The van der Waals surface area contributed by atoms with E-state index in [1.54, 1.807) is 17.7 Å². The van der Waals surface area contributed by atoms with E-state index in [1.165, 1.54) is 5.56 Å². The molecule has 0 aliphatic carbocycles. The normalized spacial score (nSPS) is 10.5. The fourth-order valence-corrected chi connectivity index (χ4v) is 3.26. The smallest absolute Gasteiger partial charge is 0.132 e. The summed E-state index contributed by atoms with van der Waals surface area (Å²) < 4.78 is 1.10. The van der Waals surface area contributed by atoms with Crippen LogP contribution in [0.1, 0.15) is 18.9 Å². The van der Waals surface area contributed by atoms with Crippen molar-refractivity contribution in [1.29, 1.82) is 0 Å². The summed E-state index contributed by atoms with van der Waals surface area (Å²) in [5, 5.41) is 7.33. The van der Waals surface area contributed by atoms with Gasteiger partial charge in [0.15, 0.2) is 0 Å². The van der Waals surface area contributed by atoms with Crippen LogP contribution in [0.15, 0.2) is 21.6 Å². The first kappa shape index (κ1) is 12.5. The monoisotopic (exact) mass is 311 g/mol. The average Bonchev–Trinajstić information content (AvgIpc) is 2.76. The molecule has 2 aromatic heterocycles. The highest BCUT2D eigenvalue weighted by molar-refractivity contribution is 9.10. The molecule has 0 radical (unpaired) electrons. The molecule has 0 atom stereocenters. The maximum absolute atomic E-state index is 4.43. The van der Waals surface area contributed by atoms with Gasteiger partial charge >= 0.3 is 0 Å². The standard InChI is InChI=1S/C12H14BrN3S/c1-3-4-8-11(9-5-17-6-10(9)13)15-7-16-12(8)14-2/h5-7H,3-4H2,1-2H3,(H,14,15,16). The molecule has 0 unspecified atom stereocenters. The van der Waals surface area contributed by atoms with Crippen molar-refractivity contribution in [3.8, 4) is 11.3 Å². The van der Waals surface area contributed by atoms with Crippen molar-refractivity contribution in [1.82, 2.24) is 9.97 Å². The molecule has 0 bridgehead atoms. The Kier molecular flexibility index (Phi) is 4.12. The van der Waals surface area contributed by atoms with Gasteiger partial charge in [-0.2, -0.15) is 11.3 Å². The molecule has 0 saturated heterocycles. The molecule has 2 rings (SSSR count). The van der Waals surface area contributed by atoms with Crippen molar-refractivity contribution < 1.29 is 0 Å². The summed E-state index contributed by atoms with van der Waals surface area (Å²) in [5.74, 6) is 0.926. The highest BCUT2D eigenvalue weighted by atomic mass is 79.9. The second-order valence-electron chi connectivity index (χ2n) is 3.68. The second kappa shape index (κ2) is 5.60. The Hall–Kier alpha value is -0.940. The Morgan fingerprint density at radius 2 is 2.18 bits per heavy atom. The van der Waals surface area contributed by atoms with Crippen molar-refractivity contribution >= 4 is 33.1 Å². The number of rotatable bonds is 4. The summed E-state index contributed by atoms with van der Waals surface area (Å²) in [7, 11) is 1.90. The molecule has 0 fully saturated rings. The van der Waals surface area contributed by atoms with Crippen LogP contribution in [0, 0.1) is 0 Å². The summed E-state index contributed by atoms with van der Waals surface area (Å²) in [6, 6.07) is 0. The van der Waals surface area contributed by atoms with Crippen LogP contribution in [0.3, 0.4) is 0 Å². The maximum atomic E-state index is 4.43. The number of aromatic nitrogens is 2. The Morgan fingerprint density at radius 3 is 2.76 bits per heavy atom. The molecule has 0 aliphatic rings. The van der Waals surface area contributed by atoms with E-state index in [0.29, 0.717) is 0 Å². The van der Waals surface area contributed by atoms with Crippen LogP contribution in [0.4, 0.5) is 5.82 Å². The van der Waals surface area contributed by atoms with Crippen LogP contribution in [-0.2, 0) is 6.42 Å². The topological polar surface area (TPSA) is 37.8 Å². The first-order valence-corrected chi connectivity index (χ1v) is 7.25. The van der Waals surface area contributed by atoms with Crippen LogP contribution < -0.4 is 5.32 Å². The van der Waals surface area contributed by atoms with Gasteiger partial charge in [-0.25, -0.2) is 9.97 Å². The zero-order valence-corrected chi connectivity index (χ0v) is 12.2. The minimum Gasteiger partial charge on any atom is -0.373 e. The summed E-state index contributed by atoms with van der Waals surface area (Å²) in [6.07, 6.45) is 3.68. The SMILES string of the molecule is CCCc1c(NC)ncnc1-c1cscc1Br. The molecule has 90 valence electrons. The van der Waals surface area contributed by atoms with Crippen molar-refractivity contribution in [2.75, 3.05) is 12.4 Å². The third-order valence-corrected chi connectivity index (χ3v) is 4.25. The minimum atomic E-state index is 0.926. The fraction of sp³-hybridized carbons (Fsp3) is 0.333. The molecule has 0 aliphatic heterocycles. The van der Waals surface area contributed by atoms with Crippen LogP contribution in [0.25, 0.3) is 11.3 Å². The number of nitrogens with one attached hydrogen (secondary N) is 1. The Bertz CT molecular complexity index is 510. The van der Waals surface area contributed by atoms with E-state index >= 15 is 0 Å². The van der Waals surface area contributed by atoms with E-state index in [4.69, 9.17) is 0 Å². The van der Waals surface area contributed by atoms with Gasteiger partial charge in [-0.3, -0.25) is 0 Å². The number of hydrogen-bond donors (Lipinski definition) is 1. The molecule has 0 saturated carbocycles. The van der Waals surface area contributed by atoms with Crippen LogP contribution in [-0.4, -0.2) is 17.0 Å². The van der Waals surface area contributed by atoms with Gasteiger partial charge in [-0.1, -0.05) is 13.3 Å². The quantitative estimate of drug-likeness (QED) is 0.928. The molecule has 5 heteroatoms. The number of nitrogens with zero attached hydrogens (tertiary/aromatic N) is 2. The summed E-state index contributed by atoms with van der Waals surface area (Å²) in [6.45, 7) is 2.17. The molecule has 1 N–H and O–H groups in total. The molecule has 0 amide bonds. The molecule has 2 aromatic rings. The molecule has 0 spiro atoms. The molecular weight excluding hydrogens is 298 g/mol. The van der Waals surface area contributed by atoms with E-state index < -0.39 is 0 Å². The van der Waals surface area contributed by atoms with Gasteiger partial charge in [0.1, 0.15) is 12.1 Å². The fourth-order valence-electron chi connectivity index (χ4n) is 1.80. The zero-order chi connectivity index (χ0) is 12.3. The maximum Gasteiger partial charge on any atom is 0.132 e. The first-order valence-electron chi connectivity index (χ1n) is 5.51. The van der Waals surface area contributed by atoms with E-state index in [9.17, 15) is 0 Å². The van der Waals surface area contributed by atoms with E-state index in [0.717, 1.165) is 34.4 Å². The van der Waals surface area contributed by atoms with E-state index in [1.807, 2.05) is 7.05 Å². The van der Waals surface area contributed by atoms with Gasteiger partial charge in [0.25, 0.3) is 0 Å². The van der Waals surface area contributed by atoms with Crippen molar-refractivity contribution in [2.24, 2.45) is 0 Å². The van der Waals surface area contributed by atoms with Gasteiger partial charge < -0.3 is 5.32 Å². The molecule has 3 nitrogen and oxygen atoms in total. The van der Waals surface area contributed by atoms with Gasteiger partial charge in [0.05, 0.1) is 5.69 Å². The Labute approximate surface area is 113 Å². The summed E-state index contributed by atoms with van der Waals surface area (Å²) >= 11 is 5.24. The number of hydrogen-bond acceptors (Lipinski definition) is 4. The predicted octanol–water partition coefficient (Wildman–Crippen LogP) is 3.96. The van der Waals surface area contributed by atoms with Gasteiger partial charge in [-0.15, -0.1) is 0 Å². The first-order chi connectivity index (χ1) is 8.27. The molecule has 2 heterocycles. The largest absolute Gasteiger partial charge is 0.373 e. The Morgan fingerprint density at radius 1 is 1.35 bits per heavy atom. The predicted molar refractivity (Wildman–Crippen MR) is 76.6 cm³/mol. The lowest BCUT2D eigenvalue weighted by Crippen LogP contribution is -2.02. The van der Waals surface area contributed by atoms with Gasteiger partial charge in [0, 0.05) is 33.4 Å². The van der Waals surface area contributed by atoms with Crippen molar-refractivity contribution in [3.63, 3.8) is 0 Å². The van der Waals surface area contributed by atoms with Crippen LogP contribution in [0.5, 0.6) is 0 Å². The highest BCUT2D eigenvalue weighted by Crippen LogP contribution is 2.34. The minimum absolute atomic E-state index is 0.926. The third-order valence-electron chi connectivity index (χ3n) is 2.55. The van der Waals surface area contributed by atoms with Gasteiger partial charge in [0.2, 0.25) is 0 Å². The van der Waals surface area contributed by atoms with Gasteiger partial charge in [-0.05, 0) is 22.4 Å².